The maximum Gasteiger partial charge on any atom is 0.272 e. The van der Waals surface area contributed by atoms with Crippen LogP contribution < -0.4 is 24.4 Å². The molecule has 2 saturated carbocycles. The van der Waals surface area contributed by atoms with Gasteiger partial charge in [-0.25, -0.2) is 0 Å². The second-order valence-electron chi connectivity index (χ2n) is 16.6. The minimum Gasteiger partial charge on any atom is -0.495 e. The summed E-state index contributed by atoms with van der Waals surface area (Å²) < 4.78 is 20.3. The molecule has 1 spiro atoms. The van der Waals surface area contributed by atoms with Gasteiger partial charge in [-0.05, 0) is 139 Å². The summed E-state index contributed by atoms with van der Waals surface area (Å²) in [6.45, 7) is 10.2. The quantitative estimate of drug-likeness (QED) is 0.156. The highest BCUT2D eigenvalue weighted by Gasteiger charge is 2.45. The lowest BCUT2D eigenvalue weighted by molar-refractivity contribution is 0.0888. The molecule has 3 aromatic heterocycles. The maximum absolute atomic E-state index is 13.1. The molecule has 0 bridgehead atoms. The minimum atomic E-state index is -0.203. The van der Waals surface area contributed by atoms with Gasteiger partial charge in [-0.1, -0.05) is 0 Å². The van der Waals surface area contributed by atoms with Crippen LogP contribution in [0.1, 0.15) is 114 Å². The molecule has 3 fully saturated rings. The Morgan fingerprint density at radius 1 is 0.915 bits per heavy atom. The van der Waals surface area contributed by atoms with E-state index >= 15 is 0 Å². The number of hydrogen-bond acceptors (Lipinski definition) is 12. The van der Waals surface area contributed by atoms with Crippen LogP contribution >= 0.6 is 11.3 Å². The van der Waals surface area contributed by atoms with E-state index in [1.807, 2.05) is 13.0 Å². The number of aliphatic imine (C=N–C) groups is 1. The number of anilines is 1. The number of methoxy groups -OCH3 is 1. The number of nitriles is 1. The Bertz CT molecular complexity index is 2450. The summed E-state index contributed by atoms with van der Waals surface area (Å²) in [7, 11) is 1.54. The smallest absolute Gasteiger partial charge is 0.272 e. The van der Waals surface area contributed by atoms with Crippen molar-refractivity contribution in [2.24, 2.45) is 10.4 Å². The van der Waals surface area contributed by atoms with Gasteiger partial charge in [0.05, 0.1) is 30.6 Å². The Morgan fingerprint density at radius 3 is 2.44 bits per heavy atom. The third-order valence-corrected chi connectivity index (χ3v) is 13.9. The lowest BCUT2D eigenvalue weighted by atomic mass is 9.85. The molecule has 5 heterocycles. The van der Waals surface area contributed by atoms with Crippen molar-refractivity contribution in [3.63, 3.8) is 0 Å². The van der Waals surface area contributed by atoms with Crippen LogP contribution in [-0.2, 0) is 0 Å². The summed E-state index contributed by atoms with van der Waals surface area (Å²) in [6.07, 6.45) is 7.60. The first kappa shape index (κ1) is 38.7. The van der Waals surface area contributed by atoms with Crippen LogP contribution in [0.4, 0.5) is 5.82 Å². The van der Waals surface area contributed by atoms with E-state index in [0.29, 0.717) is 22.8 Å². The zero-order valence-corrected chi connectivity index (χ0v) is 35.0. The largest absolute Gasteiger partial charge is 0.495 e. The Kier molecular flexibility index (Phi) is 10.3. The normalized spacial score (nSPS) is 23.5. The highest BCUT2D eigenvalue weighted by molar-refractivity contribution is 7.15. The van der Waals surface area contributed by atoms with E-state index < -0.39 is 0 Å². The number of aromatic nitrogens is 5. The second kappa shape index (κ2) is 15.7. The van der Waals surface area contributed by atoms with E-state index in [2.05, 4.69) is 86.3 Å². The number of carbonyl (C=O) groups is 1. The van der Waals surface area contributed by atoms with Crippen LogP contribution in [0, 0.1) is 37.5 Å². The molecular weight excluding hydrogens is 763 g/mol. The van der Waals surface area contributed by atoms with Gasteiger partial charge in [0.2, 0.25) is 0 Å². The van der Waals surface area contributed by atoms with Crippen molar-refractivity contribution in [3.05, 3.63) is 99.1 Å². The van der Waals surface area contributed by atoms with Gasteiger partial charge in [0.25, 0.3) is 5.91 Å². The Hall–Kier alpha value is -5.81. The number of thiophene rings is 1. The number of ether oxygens (including phenoxy) is 3. The Balaban J connectivity index is 0.767. The number of benzene rings is 2. The van der Waals surface area contributed by atoms with Crippen LogP contribution in [0.15, 0.2) is 59.6 Å². The van der Waals surface area contributed by atoms with E-state index in [-0.39, 0.29) is 35.6 Å². The molecule has 1 N–H and O–H groups in total. The van der Waals surface area contributed by atoms with E-state index in [4.69, 9.17) is 19.2 Å². The second-order valence-corrected chi connectivity index (χ2v) is 17.8. The van der Waals surface area contributed by atoms with Gasteiger partial charge in [-0.15, -0.1) is 31.7 Å². The molecule has 5 aromatic rings. The van der Waals surface area contributed by atoms with Crippen molar-refractivity contribution in [1.29, 1.82) is 5.26 Å². The van der Waals surface area contributed by atoms with Gasteiger partial charge >= 0.3 is 0 Å². The molecule has 14 heteroatoms. The highest BCUT2D eigenvalue weighted by Crippen LogP contribution is 2.47. The van der Waals surface area contributed by atoms with Crippen LogP contribution in [0.5, 0.6) is 17.2 Å². The monoisotopic (exact) mass is 811 g/mol. The van der Waals surface area contributed by atoms with E-state index in [9.17, 15) is 10.1 Å². The fraction of sp³-hybridized carbons (Fsp3) is 0.444. The first-order valence-electron chi connectivity index (χ1n) is 20.6. The maximum atomic E-state index is 13.1. The fourth-order valence-electron chi connectivity index (χ4n) is 9.35. The van der Waals surface area contributed by atoms with Crippen molar-refractivity contribution in [1.82, 2.24) is 30.3 Å². The van der Waals surface area contributed by atoms with Crippen molar-refractivity contribution in [2.45, 2.75) is 103 Å². The molecule has 59 heavy (non-hydrogen) atoms. The summed E-state index contributed by atoms with van der Waals surface area (Å²) in [5.74, 6) is 4.41. The summed E-state index contributed by atoms with van der Waals surface area (Å²) in [4.78, 5) is 21.9. The number of carbonyl (C=O) groups excluding carboxylic acids is 1. The van der Waals surface area contributed by atoms with Crippen LogP contribution in [0.25, 0.3) is 5.00 Å². The molecule has 2 aliphatic carbocycles. The summed E-state index contributed by atoms with van der Waals surface area (Å²) in [5, 5.41) is 31.3. The lowest BCUT2D eigenvalue weighted by Gasteiger charge is -2.29. The number of fused-ring (bicyclic) bond motifs is 3. The zero-order valence-electron chi connectivity index (χ0n) is 34.2. The molecular formula is C45H49N9O4S. The van der Waals surface area contributed by atoms with Crippen LogP contribution in [0.3, 0.4) is 0 Å². The summed E-state index contributed by atoms with van der Waals surface area (Å²) >= 11 is 1.77. The molecule has 304 valence electrons. The molecule has 2 aliphatic heterocycles. The van der Waals surface area contributed by atoms with E-state index in [1.54, 1.807) is 42.7 Å². The predicted molar refractivity (Wildman–Crippen MR) is 225 cm³/mol. The van der Waals surface area contributed by atoms with Crippen molar-refractivity contribution < 1.29 is 19.0 Å². The molecule has 4 aliphatic rings. The number of nitrogens with one attached hydrogen (secondary N) is 1. The number of aryl methyl sites for hydroxylation is 2. The van der Waals surface area contributed by atoms with Gasteiger partial charge in [0.1, 0.15) is 40.2 Å². The van der Waals surface area contributed by atoms with Crippen molar-refractivity contribution >= 4 is 28.8 Å². The molecule has 2 unspecified atom stereocenters. The van der Waals surface area contributed by atoms with Crippen molar-refractivity contribution in [3.8, 4) is 28.3 Å². The number of nitrogens with zero attached hydrogens (tertiary/aromatic N) is 8. The first-order chi connectivity index (χ1) is 28.6. The molecule has 1 saturated heterocycles. The van der Waals surface area contributed by atoms with Gasteiger partial charge < -0.3 is 24.4 Å². The molecule has 2 aromatic carbocycles. The standard InChI is InChI=1S/C45H49N9O4S/c1-26-28(3)59-44-40(26)41(47-27(2)42-52-49-29(4)54(42)44)30-6-11-33(12-7-30)58-36-18-19-45(23-36)20-21-53(25-45)39-17-16-37(50-51-39)43(55)48-32-9-14-34(15-10-32)57-35-13-8-31(24-46)38(22-35)56-5/h6-8,11-13,16-17,22,27,32,34,36H,9-10,14-15,18-21,23,25H2,1-5H3,(H,48,55)/t27-,32?,34?,36?,45?/m0/s1. The Morgan fingerprint density at radius 2 is 1.69 bits per heavy atom. The molecule has 1 amide bonds. The van der Waals surface area contributed by atoms with E-state index in [1.165, 1.54) is 10.4 Å². The van der Waals surface area contributed by atoms with Gasteiger partial charge in [0.15, 0.2) is 17.3 Å². The molecule has 9 rings (SSSR count). The average Bonchev–Trinajstić information content (AvgIpc) is 4.02. The Labute approximate surface area is 348 Å². The van der Waals surface area contributed by atoms with Crippen LogP contribution in [0.2, 0.25) is 0 Å². The van der Waals surface area contributed by atoms with Crippen molar-refractivity contribution in [2.75, 3.05) is 25.1 Å². The first-order valence-corrected chi connectivity index (χ1v) is 21.4. The summed E-state index contributed by atoms with van der Waals surface area (Å²) in [6, 6.07) is 19.5. The molecule has 3 atom stereocenters. The van der Waals surface area contributed by atoms with Crippen LogP contribution in [-0.4, -0.2) is 75.0 Å². The SMILES string of the molecule is COc1cc(OC2CCC(NC(=O)c3ccc(N4CCC5(CCC(Oc6ccc(C7=N[C@@H](C)c8nnc(C)n8-c8sc(C)c(C)c87)cc6)C5)C4)nn3)CC2)ccc1C#N. The molecule has 0 radical (unpaired) electrons. The number of amides is 1. The van der Waals surface area contributed by atoms with Gasteiger partial charge in [0, 0.05) is 41.2 Å². The summed E-state index contributed by atoms with van der Waals surface area (Å²) in [5.41, 5.74) is 5.43. The molecule has 13 nitrogen and oxygen atoms in total. The average molecular weight is 812 g/mol. The topological polar surface area (TPSA) is 153 Å². The third kappa shape index (κ3) is 7.52. The van der Waals surface area contributed by atoms with Gasteiger partial charge in [-0.3, -0.25) is 14.4 Å². The number of hydrogen-bond donors (Lipinski definition) is 1. The lowest BCUT2D eigenvalue weighted by Crippen LogP contribution is -2.40. The fourth-order valence-corrected chi connectivity index (χ4v) is 10.6. The number of rotatable bonds is 9. The predicted octanol–water partition coefficient (Wildman–Crippen LogP) is 7.78. The zero-order chi connectivity index (χ0) is 40.8. The van der Waals surface area contributed by atoms with Gasteiger partial charge in [-0.2, -0.15) is 5.26 Å². The van der Waals surface area contributed by atoms with E-state index in [0.717, 1.165) is 110 Å². The highest BCUT2D eigenvalue weighted by atomic mass is 32.1. The third-order valence-electron chi connectivity index (χ3n) is 12.7. The minimum absolute atomic E-state index is 0.0358.